The Bertz CT molecular complexity index is 619. The van der Waals surface area contributed by atoms with E-state index in [4.69, 9.17) is 0 Å². The number of anilines is 1. The molecule has 0 atom stereocenters. The Balaban J connectivity index is 1.94. The maximum atomic E-state index is 11.9. The molecule has 2 rings (SSSR count). The number of aryl methyl sites for hydroxylation is 2. The molecule has 5 nitrogen and oxygen atoms in total. The summed E-state index contributed by atoms with van der Waals surface area (Å²) in [7, 11) is 1.91. The molecule has 0 unspecified atom stereocenters. The Morgan fingerprint density at radius 2 is 2.15 bits per heavy atom. The Kier molecular flexibility index (Phi) is 4.54. The van der Waals surface area contributed by atoms with Crippen molar-refractivity contribution in [3.8, 4) is 0 Å². The van der Waals surface area contributed by atoms with E-state index < -0.39 is 0 Å². The first kappa shape index (κ1) is 14.7. The average Bonchev–Trinajstić information content (AvgIpc) is 2.64. The molecular weight excluding hydrogens is 320 g/mol. The molecule has 0 aromatic carbocycles. The maximum Gasteiger partial charge on any atom is 0.225 e. The van der Waals surface area contributed by atoms with Gasteiger partial charge in [-0.2, -0.15) is 5.10 Å². The number of aromatic nitrogens is 3. The number of pyridine rings is 1. The lowest BCUT2D eigenvalue weighted by atomic mass is 10.1. The standard InChI is InChI=1S/C14H17BrN4O/c1-9-12(10(2)19(3)18-9)5-7-14(20)17-13-6-4-11(15)8-16-13/h4,6,8H,5,7H2,1-3H3,(H,16,17,20). The highest BCUT2D eigenvalue weighted by Gasteiger charge is 2.11. The van der Waals surface area contributed by atoms with Crippen LogP contribution in [0.3, 0.4) is 0 Å². The summed E-state index contributed by atoms with van der Waals surface area (Å²) in [5.41, 5.74) is 3.24. The molecular formula is C14H17BrN4O. The molecule has 2 heterocycles. The van der Waals surface area contributed by atoms with Gasteiger partial charge in [0.25, 0.3) is 0 Å². The van der Waals surface area contributed by atoms with Gasteiger partial charge in [0.1, 0.15) is 5.82 Å². The first-order valence-corrected chi connectivity index (χ1v) is 7.17. The van der Waals surface area contributed by atoms with Crippen molar-refractivity contribution in [2.24, 2.45) is 7.05 Å². The van der Waals surface area contributed by atoms with Gasteiger partial charge >= 0.3 is 0 Å². The van der Waals surface area contributed by atoms with Crippen LogP contribution in [0.25, 0.3) is 0 Å². The predicted molar refractivity (Wildman–Crippen MR) is 81.6 cm³/mol. The van der Waals surface area contributed by atoms with Crippen molar-refractivity contribution >= 4 is 27.7 Å². The van der Waals surface area contributed by atoms with Crippen LogP contribution in [0.15, 0.2) is 22.8 Å². The van der Waals surface area contributed by atoms with Gasteiger partial charge in [-0.3, -0.25) is 9.48 Å². The molecule has 0 bridgehead atoms. The predicted octanol–water partition coefficient (Wildman–Crippen LogP) is 2.77. The maximum absolute atomic E-state index is 11.9. The second-order valence-corrected chi connectivity index (χ2v) is 5.60. The van der Waals surface area contributed by atoms with E-state index in [0.29, 0.717) is 18.7 Å². The molecule has 0 aliphatic rings. The molecule has 0 saturated carbocycles. The van der Waals surface area contributed by atoms with E-state index >= 15 is 0 Å². The number of nitrogens with zero attached hydrogens (tertiary/aromatic N) is 3. The van der Waals surface area contributed by atoms with Gasteiger partial charge in [0.05, 0.1) is 5.69 Å². The van der Waals surface area contributed by atoms with Crippen molar-refractivity contribution in [1.82, 2.24) is 14.8 Å². The van der Waals surface area contributed by atoms with E-state index in [9.17, 15) is 4.79 Å². The first-order chi connectivity index (χ1) is 9.47. The quantitative estimate of drug-likeness (QED) is 0.933. The van der Waals surface area contributed by atoms with Crippen molar-refractivity contribution in [3.63, 3.8) is 0 Å². The van der Waals surface area contributed by atoms with Crippen molar-refractivity contribution in [3.05, 3.63) is 39.8 Å². The van der Waals surface area contributed by atoms with Crippen molar-refractivity contribution in [2.75, 3.05) is 5.32 Å². The minimum atomic E-state index is -0.0394. The van der Waals surface area contributed by atoms with Gasteiger partial charge in [0.2, 0.25) is 5.91 Å². The van der Waals surface area contributed by atoms with Crippen molar-refractivity contribution < 1.29 is 4.79 Å². The molecule has 0 aliphatic heterocycles. The van der Waals surface area contributed by atoms with Crippen LogP contribution >= 0.6 is 15.9 Å². The smallest absolute Gasteiger partial charge is 0.225 e. The monoisotopic (exact) mass is 336 g/mol. The van der Waals surface area contributed by atoms with E-state index in [0.717, 1.165) is 21.4 Å². The Morgan fingerprint density at radius 1 is 1.40 bits per heavy atom. The highest BCUT2D eigenvalue weighted by molar-refractivity contribution is 9.10. The third-order valence-electron chi connectivity index (χ3n) is 3.26. The Labute approximate surface area is 126 Å². The van der Waals surface area contributed by atoms with Gasteiger partial charge in [-0.25, -0.2) is 4.98 Å². The highest BCUT2D eigenvalue weighted by atomic mass is 79.9. The molecule has 106 valence electrons. The average molecular weight is 337 g/mol. The summed E-state index contributed by atoms with van der Waals surface area (Å²) < 4.78 is 2.73. The molecule has 0 spiro atoms. The van der Waals surface area contributed by atoms with Gasteiger partial charge in [-0.05, 0) is 53.9 Å². The number of amides is 1. The largest absolute Gasteiger partial charge is 0.311 e. The van der Waals surface area contributed by atoms with E-state index in [2.05, 4.69) is 31.3 Å². The summed E-state index contributed by atoms with van der Waals surface area (Å²) >= 11 is 3.31. The second kappa shape index (κ2) is 6.17. The summed E-state index contributed by atoms with van der Waals surface area (Å²) in [4.78, 5) is 16.0. The lowest BCUT2D eigenvalue weighted by Crippen LogP contribution is -2.13. The highest BCUT2D eigenvalue weighted by Crippen LogP contribution is 2.15. The zero-order valence-electron chi connectivity index (χ0n) is 11.8. The first-order valence-electron chi connectivity index (χ1n) is 6.38. The summed E-state index contributed by atoms with van der Waals surface area (Å²) in [5, 5.41) is 7.14. The number of carbonyl (C=O) groups excluding carboxylic acids is 1. The minimum Gasteiger partial charge on any atom is -0.311 e. The van der Waals surface area contributed by atoms with Crippen LogP contribution in [0, 0.1) is 13.8 Å². The third-order valence-corrected chi connectivity index (χ3v) is 3.72. The summed E-state index contributed by atoms with van der Waals surface area (Å²) in [6, 6.07) is 3.61. The van der Waals surface area contributed by atoms with E-state index in [-0.39, 0.29) is 5.91 Å². The molecule has 2 aromatic rings. The zero-order valence-corrected chi connectivity index (χ0v) is 13.4. The lowest BCUT2D eigenvalue weighted by Gasteiger charge is -2.05. The van der Waals surface area contributed by atoms with E-state index in [1.54, 1.807) is 12.3 Å². The molecule has 0 radical (unpaired) electrons. The summed E-state index contributed by atoms with van der Waals surface area (Å²) in [6.07, 6.45) is 2.77. The van der Waals surface area contributed by atoms with Crippen LogP contribution in [-0.2, 0) is 18.3 Å². The van der Waals surface area contributed by atoms with Gasteiger partial charge in [-0.15, -0.1) is 0 Å². The van der Waals surface area contributed by atoms with Gasteiger partial charge in [0.15, 0.2) is 0 Å². The third kappa shape index (κ3) is 3.45. The van der Waals surface area contributed by atoms with Crippen LogP contribution in [0.1, 0.15) is 23.4 Å². The normalized spacial score (nSPS) is 10.6. The number of carbonyl (C=O) groups is 1. The fraction of sp³-hybridized carbons (Fsp3) is 0.357. The molecule has 20 heavy (non-hydrogen) atoms. The number of hydrogen-bond acceptors (Lipinski definition) is 3. The van der Waals surface area contributed by atoms with Crippen molar-refractivity contribution in [1.29, 1.82) is 0 Å². The van der Waals surface area contributed by atoms with Crippen LogP contribution in [-0.4, -0.2) is 20.7 Å². The number of halogens is 1. The fourth-order valence-corrected chi connectivity index (χ4v) is 2.31. The Morgan fingerprint density at radius 3 is 2.70 bits per heavy atom. The molecule has 0 saturated heterocycles. The Hall–Kier alpha value is -1.69. The van der Waals surface area contributed by atoms with Gasteiger partial charge < -0.3 is 5.32 Å². The zero-order chi connectivity index (χ0) is 14.7. The lowest BCUT2D eigenvalue weighted by molar-refractivity contribution is -0.116. The minimum absolute atomic E-state index is 0.0394. The molecule has 2 aromatic heterocycles. The second-order valence-electron chi connectivity index (χ2n) is 4.68. The van der Waals surface area contributed by atoms with E-state index in [1.165, 1.54) is 0 Å². The summed E-state index contributed by atoms with van der Waals surface area (Å²) in [6.45, 7) is 3.99. The molecule has 0 aliphatic carbocycles. The molecule has 1 N–H and O–H groups in total. The van der Waals surface area contributed by atoms with Crippen LogP contribution in [0.5, 0.6) is 0 Å². The number of hydrogen-bond donors (Lipinski definition) is 1. The van der Waals surface area contributed by atoms with Gasteiger partial charge in [-0.1, -0.05) is 0 Å². The van der Waals surface area contributed by atoms with Gasteiger partial charge in [0, 0.05) is 29.8 Å². The van der Waals surface area contributed by atoms with Crippen LogP contribution in [0.4, 0.5) is 5.82 Å². The molecule has 6 heteroatoms. The summed E-state index contributed by atoms with van der Waals surface area (Å²) in [5.74, 6) is 0.528. The number of rotatable bonds is 4. The topological polar surface area (TPSA) is 59.8 Å². The van der Waals surface area contributed by atoms with E-state index in [1.807, 2.05) is 31.6 Å². The molecule has 0 fully saturated rings. The SMILES string of the molecule is Cc1nn(C)c(C)c1CCC(=O)Nc1ccc(Br)cn1. The molecule has 1 amide bonds. The number of nitrogens with one attached hydrogen (secondary N) is 1. The van der Waals surface area contributed by atoms with Crippen LogP contribution in [0.2, 0.25) is 0 Å². The fourth-order valence-electron chi connectivity index (χ4n) is 2.07. The van der Waals surface area contributed by atoms with Crippen LogP contribution < -0.4 is 5.32 Å². The van der Waals surface area contributed by atoms with Crippen molar-refractivity contribution in [2.45, 2.75) is 26.7 Å².